The smallest absolute Gasteiger partial charge is 0.220 e. The lowest BCUT2D eigenvalue weighted by molar-refractivity contribution is -0.123. The second-order valence-corrected chi connectivity index (χ2v) is 6.52. The lowest BCUT2D eigenvalue weighted by Crippen LogP contribution is -2.38. The molecule has 3 unspecified atom stereocenters. The predicted octanol–water partition coefficient (Wildman–Crippen LogP) is 2.55. The third-order valence-corrected chi connectivity index (χ3v) is 4.42. The fraction of sp³-hybridized carbons (Fsp3) is 0.933. The minimum atomic E-state index is 0.192. The molecule has 3 nitrogen and oxygen atoms in total. The number of hydrogen-bond donors (Lipinski definition) is 2. The van der Waals surface area contributed by atoms with E-state index in [1.54, 1.807) is 0 Å². The fourth-order valence-corrected chi connectivity index (χ4v) is 3.03. The molecule has 1 aliphatic carbocycles. The van der Waals surface area contributed by atoms with Crippen LogP contribution in [0.1, 0.15) is 53.4 Å². The highest BCUT2D eigenvalue weighted by atomic mass is 16.1. The standard InChI is InChI=1S/C15H30N2O/c1-10(2)7-13(9-16)8-15(18)17-14-6-5-11(3)12(14)4/h10-14H,5-9,16H2,1-4H3,(H,17,18)/t11?,12?,13-,14?/m0/s1. The van der Waals surface area contributed by atoms with Gasteiger partial charge in [0.1, 0.15) is 0 Å². The van der Waals surface area contributed by atoms with E-state index in [0.29, 0.717) is 36.8 Å². The minimum absolute atomic E-state index is 0.192. The van der Waals surface area contributed by atoms with Gasteiger partial charge in [-0.15, -0.1) is 0 Å². The van der Waals surface area contributed by atoms with Gasteiger partial charge >= 0.3 is 0 Å². The Hall–Kier alpha value is -0.570. The summed E-state index contributed by atoms with van der Waals surface area (Å²) in [6.07, 6.45) is 4.00. The van der Waals surface area contributed by atoms with Gasteiger partial charge in [-0.3, -0.25) is 4.79 Å². The Morgan fingerprint density at radius 3 is 2.44 bits per heavy atom. The van der Waals surface area contributed by atoms with Crippen molar-refractivity contribution < 1.29 is 4.79 Å². The Labute approximate surface area is 112 Å². The van der Waals surface area contributed by atoms with Crippen molar-refractivity contribution >= 4 is 5.91 Å². The summed E-state index contributed by atoms with van der Waals surface area (Å²) in [6, 6.07) is 0.380. The van der Waals surface area contributed by atoms with Gasteiger partial charge in [0.15, 0.2) is 0 Å². The average molecular weight is 254 g/mol. The molecule has 4 atom stereocenters. The van der Waals surface area contributed by atoms with Crippen molar-refractivity contribution in [1.29, 1.82) is 0 Å². The molecule has 0 aromatic carbocycles. The van der Waals surface area contributed by atoms with Gasteiger partial charge in [-0.25, -0.2) is 0 Å². The molecule has 0 aromatic rings. The summed E-state index contributed by atoms with van der Waals surface area (Å²) in [5, 5.41) is 3.20. The summed E-state index contributed by atoms with van der Waals surface area (Å²) < 4.78 is 0. The Bertz CT molecular complexity index is 265. The fourth-order valence-electron chi connectivity index (χ4n) is 3.03. The van der Waals surface area contributed by atoms with E-state index < -0.39 is 0 Å². The van der Waals surface area contributed by atoms with Gasteiger partial charge in [-0.1, -0.05) is 27.7 Å². The molecule has 106 valence electrons. The maximum atomic E-state index is 12.0. The molecule has 1 aliphatic rings. The van der Waals surface area contributed by atoms with Crippen LogP contribution in [-0.4, -0.2) is 18.5 Å². The lowest BCUT2D eigenvalue weighted by Gasteiger charge is -2.22. The highest BCUT2D eigenvalue weighted by molar-refractivity contribution is 5.76. The van der Waals surface area contributed by atoms with Crippen molar-refractivity contribution in [1.82, 2.24) is 5.32 Å². The normalized spacial score (nSPS) is 29.6. The quantitative estimate of drug-likeness (QED) is 0.765. The summed E-state index contributed by atoms with van der Waals surface area (Å²) in [5.41, 5.74) is 5.75. The first-order valence-electron chi connectivity index (χ1n) is 7.43. The summed E-state index contributed by atoms with van der Waals surface area (Å²) in [5.74, 6) is 2.47. The van der Waals surface area contributed by atoms with E-state index in [2.05, 4.69) is 33.0 Å². The number of nitrogens with two attached hydrogens (primary N) is 1. The Balaban J connectivity index is 2.36. The molecule has 18 heavy (non-hydrogen) atoms. The van der Waals surface area contributed by atoms with E-state index in [1.165, 1.54) is 6.42 Å². The van der Waals surface area contributed by atoms with Crippen molar-refractivity contribution in [3.8, 4) is 0 Å². The zero-order valence-electron chi connectivity index (χ0n) is 12.4. The maximum Gasteiger partial charge on any atom is 0.220 e. The molecule has 0 spiro atoms. The molecule has 1 rings (SSSR count). The van der Waals surface area contributed by atoms with Gasteiger partial charge in [0.05, 0.1) is 0 Å². The molecule has 0 heterocycles. The summed E-state index contributed by atoms with van der Waals surface area (Å²) >= 11 is 0. The van der Waals surface area contributed by atoms with Crippen LogP contribution in [0.15, 0.2) is 0 Å². The van der Waals surface area contributed by atoms with Crippen LogP contribution in [0.5, 0.6) is 0 Å². The SMILES string of the molecule is CC(C)C[C@H](CN)CC(=O)NC1CCC(C)C1C. The minimum Gasteiger partial charge on any atom is -0.353 e. The molecule has 1 amide bonds. The first kappa shape index (κ1) is 15.5. The second kappa shape index (κ2) is 7.13. The van der Waals surface area contributed by atoms with Gasteiger partial charge in [-0.05, 0) is 49.5 Å². The average Bonchev–Trinajstić information content (AvgIpc) is 2.59. The monoisotopic (exact) mass is 254 g/mol. The molecule has 3 N–H and O–H groups in total. The predicted molar refractivity (Wildman–Crippen MR) is 76.1 cm³/mol. The number of carbonyl (C=O) groups is 1. The van der Waals surface area contributed by atoms with Gasteiger partial charge in [0.25, 0.3) is 0 Å². The Kier molecular flexibility index (Phi) is 6.13. The molecular weight excluding hydrogens is 224 g/mol. The van der Waals surface area contributed by atoms with Crippen LogP contribution in [0.2, 0.25) is 0 Å². The van der Waals surface area contributed by atoms with E-state index >= 15 is 0 Å². The zero-order chi connectivity index (χ0) is 13.7. The van der Waals surface area contributed by atoms with Crippen molar-refractivity contribution in [3.05, 3.63) is 0 Å². The second-order valence-electron chi connectivity index (χ2n) is 6.52. The van der Waals surface area contributed by atoms with Gasteiger partial charge in [0.2, 0.25) is 5.91 Å². The van der Waals surface area contributed by atoms with Gasteiger partial charge in [-0.2, -0.15) is 0 Å². The van der Waals surface area contributed by atoms with Gasteiger partial charge in [0, 0.05) is 12.5 Å². The number of hydrogen-bond acceptors (Lipinski definition) is 2. The molecule has 0 radical (unpaired) electrons. The van der Waals surface area contributed by atoms with Crippen LogP contribution >= 0.6 is 0 Å². The summed E-state index contributed by atoms with van der Waals surface area (Å²) in [4.78, 5) is 12.0. The lowest BCUT2D eigenvalue weighted by atomic mass is 9.93. The van der Waals surface area contributed by atoms with Crippen LogP contribution in [0.3, 0.4) is 0 Å². The van der Waals surface area contributed by atoms with Crippen LogP contribution in [0, 0.1) is 23.7 Å². The van der Waals surface area contributed by atoms with Crippen molar-refractivity contribution in [2.24, 2.45) is 29.4 Å². The van der Waals surface area contributed by atoms with E-state index in [9.17, 15) is 4.79 Å². The van der Waals surface area contributed by atoms with E-state index in [0.717, 1.165) is 18.8 Å². The first-order valence-corrected chi connectivity index (χ1v) is 7.43. The highest BCUT2D eigenvalue weighted by Crippen LogP contribution is 2.31. The van der Waals surface area contributed by atoms with Gasteiger partial charge < -0.3 is 11.1 Å². The number of carbonyl (C=O) groups excluding carboxylic acids is 1. The largest absolute Gasteiger partial charge is 0.353 e. The van der Waals surface area contributed by atoms with Crippen molar-refractivity contribution in [3.63, 3.8) is 0 Å². The highest BCUT2D eigenvalue weighted by Gasteiger charge is 2.30. The first-order chi connectivity index (χ1) is 8.43. The molecule has 0 saturated heterocycles. The zero-order valence-corrected chi connectivity index (χ0v) is 12.4. The molecule has 0 aliphatic heterocycles. The number of nitrogens with one attached hydrogen (secondary N) is 1. The van der Waals surface area contributed by atoms with Crippen LogP contribution in [-0.2, 0) is 4.79 Å². The molecule has 1 saturated carbocycles. The van der Waals surface area contributed by atoms with Crippen LogP contribution < -0.4 is 11.1 Å². The van der Waals surface area contributed by atoms with E-state index in [1.807, 2.05) is 0 Å². The summed E-state index contributed by atoms with van der Waals surface area (Å²) in [6.45, 7) is 9.50. The molecule has 0 aromatic heterocycles. The van der Waals surface area contributed by atoms with E-state index in [-0.39, 0.29) is 5.91 Å². The van der Waals surface area contributed by atoms with E-state index in [4.69, 9.17) is 5.73 Å². The molecular formula is C15H30N2O. The molecule has 3 heteroatoms. The molecule has 0 bridgehead atoms. The third kappa shape index (κ3) is 4.60. The molecule has 1 fully saturated rings. The number of amides is 1. The third-order valence-electron chi connectivity index (χ3n) is 4.42. The summed E-state index contributed by atoms with van der Waals surface area (Å²) in [7, 11) is 0. The maximum absolute atomic E-state index is 12.0. The Morgan fingerprint density at radius 1 is 1.33 bits per heavy atom. The number of rotatable bonds is 6. The van der Waals surface area contributed by atoms with Crippen LogP contribution in [0.25, 0.3) is 0 Å². The topological polar surface area (TPSA) is 55.1 Å². The Morgan fingerprint density at radius 2 is 2.00 bits per heavy atom. The van der Waals surface area contributed by atoms with Crippen molar-refractivity contribution in [2.75, 3.05) is 6.54 Å². The van der Waals surface area contributed by atoms with Crippen LogP contribution in [0.4, 0.5) is 0 Å². The van der Waals surface area contributed by atoms with Crippen molar-refractivity contribution in [2.45, 2.75) is 59.4 Å².